The van der Waals surface area contributed by atoms with Gasteiger partial charge in [-0.3, -0.25) is 9.36 Å². The van der Waals surface area contributed by atoms with Crippen molar-refractivity contribution in [1.82, 2.24) is 23.9 Å². The first-order chi connectivity index (χ1) is 10.2. The van der Waals surface area contributed by atoms with Gasteiger partial charge >= 0.3 is 0 Å². The van der Waals surface area contributed by atoms with Gasteiger partial charge in [0.15, 0.2) is 0 Å². The van der Waals surface area contributed by atoms with E-state index in [2.05, 4.69) is 10.2 Å². The Morgan fingerprint density at radius 3 is 2.45 bits per heavy atom. The van der Waals surface area contributed by atoms with Crippen LogP contribution in [0.2, 0.25) is 10.2 Å². The molecule has 0 bridgehead atoms. The van der Waals surface area contributed by atoms with E-state index in [1.54, 1.807) is 18.7 Å². The van der Waals surface area contributed by atoms with Crippen LogP contribution in [-0.2, 0) is 30.2 Å². The van der Waals surface area contributed by atoms with Gasteiger partial charge in [-0.05, 0) is 13.8 Å². The van der Waals surface area contributed by atoms with Crippen molar-refractivity contribution in [3.63, 3.8) is 0 Å². The van der Waals surface area contributed by atoms with E-state index < -0.39 is 10.0 Å². The molecule has 0 aliphatic carbocycles. The third kappa shape index (κ3) is 2.88. The second-order valence-corrected chi connectivity index (χ2v) is 7.60. The molecule has 0 spiro atoms. The van der Waals surface area contributed by atoms with Gasteiger partial charge in [-0.2, -0.15) is 14.5 Å². The number of halogens is 2. The molecule has 2 aromatic rings. The van der Waals surface area contributed by atoms with Gasteiger partial charge in [-0.1, -0.05) is 23.2 Å². The van der Waals surface area contributed by atoms with Crippen LogP contribution in [-0.4, -0.2) is 39.3 Å². The number of nitrogens with zero attached hydrogens (tertiary/aromatic N) is 5. The zero-order valence-corrected chi connectivity index (χ0v) is 15.0. The lowest BCUT2D eigenvalue weighted by Crippen LogP contribution is -2.27. The predicted molar refractivity (Wildman–Crippen MR) is 84.5 cm³/mol. The van der Waals surface area contributed by atoms with Crippen molar-refractivity contribution in [3.05, 3.63) is 27.8 Å². The molecule has 0 atom stereocenters. The maximum Gasteiger partial charge on any atom is 0.246 e. The molecule has 22 heavy (non-hydrogen) atoms. The largest absolute Gasteiger partial charge is 0.269 e. The standard InChI is InChI=1S/C12H17Cl2N5O2S/c1-5-19-8(2)10(6-15-19)22(20,21)17(3)7-9-11(13)12(14)18(4)16-9/h6H,5,7H2,1-4H3. The van der Waals surface area contributed by atoms with E-state index in [0.29, 0.717) is 17.9 Å². The Hall–Kier alpha value is -1.09. The average Bonchev–Trinajstić information content (AvgIpc) is 2.95. The SMILES string of the molecule is CCn1ncc(S(=O)(=O)N(C)Cc2nn(C)c(Cl)c2Cl)c1C. The van der Waals surface area contributed by atoms with E-state index in [4.69, 9.17) is 23.2 Å². The molecule has 0 saturated heterocycles. The zero-order chi connectivity index (χ0) is 16.7. The summed E-state index contributed by atoms with van der Waals surface area (Å²) in [6.07, 6.45) is 1.36. The topological polar surface area (TPSA) is 73.0 Å². The van der Waals surface area contributed by atoms with Gasteiger partial charge in [-0.15, -0.1) is 0 Å². The number of hydrogen-bond acceptors (Lipinski definition) is 4. The van der Waals surface area contributed by atoms with Crippen molar-refractivity contribution in [2.75, 3.05) is 7.05 Å². The molecule has 2 rings (SSSR count). The van der Waals surface area contributed by atoms with E-state index in [-0.39, 0.29) is 21.6 Å². The lowest BCUT2D eigenvalue weighted by atomic mass is 10.4. The van der Waals surface area contributed by atoms with Crippen molar-refractivity contribution in [2.45, 2.75) is 31.8 Å². The van der Waals surface area contributed by atoms with Crippen LogP contribution >= 0.6 is 23.2 Å². The Kier molecular flexibility index (Phi) is 4.86. The van der Waals surface area contributed by atoms with Crippen molar-refractivity contribution >= 4 is 33.2 Å². The summed E-state index contributed by atoms with van der Waals surface area (Å²) in [7, 11) is -0.569. The maximum absolute atomic E-state index is 12.7. The Morgan fingerprint density at radius 2 is 2.00 bits per heavy atom. The fraction of sp³-hybridized carbons (Fsp3) is 0.500. The lowest BCUT2D eigenvalue weighted by molar-refractivity contribution is 0.459. The van der Waals surface area contributed by atoms with Crippen LogP contribution in [0.3, 0.4) is 0 Å². The first kappa shape index (κ1) is 17.3. The van der Waals surface area contributed by atoms with E-state index in [1.165, 1.54) is 22.2 Å². The van der Waals surface area contributed by atoms with Gasteiger partial charge in [0.2, 0.25) is 10.0 Å². The minimum atomic E-state index is -3.68. The van der Waals surface area contributed by atoms with Crippen LogP contribution in [0, 0.1) is 6.92 Å². The summed E-state index contributed by atoms with van der Waals surface area (Å²) in [5.41, 5.74) is 1.00. The fourth-order valence-electron chi connectivity index (χ4n) is 2.10. The highest BCUT2D eigenvalue weighted by Crippen LogP contribution is 2.27. The second kappa shape index (κ2) is 6.19. The molecule has 0 radical (unpaired) electrons. The van der Waals surface area contributed by atoms with Crippen LogP contribution in [0.25, 0.3) is 0 Å². The number of sulfonamides is 1. The van der Waals surface area contributed by atoms with Crippen LogP contribution in [0.15, 0.2) is 11.1 Å². The Morgan fingerprint density at radius 1 is 1.36 bits per heavy atom. The summed E-state index contributed by atoms with van der Waals surface area (Å²) in [6, 6.07) is 0. The summed E-state index contributed by atoms with van der Waals surface area (Å²) in [5, 5.41) is 8.73. The monoisotopic (exact) mass is 365 g/mol. The quantitative estimate of drug-likeness (QED) is 0.812. The van der Waals surface area contributed by atoms with E-state index in [0.717, 1.165) is 0 Å². The van der Waals surface area contributed by atoms with Crippen molar-refractivity contribution < 1.29 is 8.42 Å². The molecule has 0 fully saturated rings. The third-order valence-corrected chi connectivity index (χ3v) is 6.24. The highest BCUT2D eigenvalue weighted by molar-refractivity contribution is 7.89. The van der Waals surface area contributed by atoms with Gasteiger partial charge in [0.1, 0.15) is 15.1 Å². The van der Waals surface area contributed by atoms with Crippen molar-refractivity contribution in [3.8, 4) is 0 Å². The highest BCUT2D eigenvalue weighted by Gasteiger charge is 2.27. The van der Waals surface area contributed by atoms with Crippen LogP contribution in [0.1, 0.15) is 18.3 Å². The van der Waals surface area contributed by atoms with E-state index >= 15 is 0 Å². The van der Waals surface area contributed by atoms with Crippen LogP contribution < -0.4 is 0 Å². The number of aromatic nitrogens is 4. The third-order valence-electron chi connectivity index (χ3n) is 3.41. The average molecular weight is 366 g/mol. The molecular weight excluding hydrogens is 349 g/mol. The van der Waals surface area contributed by atoms with Crippen molar-refractivity contribution in [1.29, 1.82) is 0 Å². The summed E-state index contributed by atoms with van der Waals surface area (Å²) in [4.78, 5) is 0.176. The van der Waals surface area contributed by atoms with Gasteiger partial charge in [-0.25, -0.2) is 8.42 Å². The molecule has 0 N–H and O–H groups in total. The molecule has 0 saturated carbocycles. The summed E-state index contributed by atoms with van der Waals surface area (Å²) < 4.78 is 29.5. The predicted octanol–water partition coefficient (Wildman–Crippen LogP) is 2.07. The van der Waals surface area contributed by atoms with Gasteiger partial charge in [0.25, 0.3) is 0 Å². The maximum atomic E-state index is 12.7. The van der Waals surface area contributed by atoms with Crippen LogP contribution in [0.5, 0.6) is 0 Å². The molecule has 2 aromatic heterocycles. The summed E-state index contributed by atoms with van der Waals surface area (Å²) in [5.74, 6) is 0. The van der Waals surface area contributed by atoms with Gasteiger partial charge in [0.05, 0.1) is 24.1 Å². The van der Waals surface area contributed by atoms with Gasteiger partial charge in [0, 0.05) is 20.6 Å². The minimum absolute atomic E-state index is 0.0263. The first-order valence-corrected chi connectivity index (χ1v) is 8.75. The first-order valence-electron chi connectivity index (χ1n) is 6.55. The normalized spacial score (nSPS) is 12.3. The van der Waals surface area contributed by atoms with E-state index in [9.17, 15) is 8.42 Å². The highest BCUT2D eigenvalue weighted by atomic mass is 35.5. The molecule has 0 amide bonds. The molecule has 0 unspecified atom stereocenters. The van der Waals surface area contributed by atoms with Crippen LogP contribution in [0.4, 0.5) is 0 Å². The summed E-state index contributed by atoms with van der Waals surface area (Å²) in [6.45, 7) is 4.25. The Balaban J connectivity index is 2.33. The molecule has 0 aliphatic rings. The number of rotatable bonds is 5. The molecule has 0 aromatic carbocycles. The van der Waals surface area contributed by atoms with Crippen molar-refractivity contribution in [2.24, 2.45) is 7.05 Å². The minimum Gasteiger partial charge on any atom is -0.269 e. The number of hydrogen-bond donors (Lipinski definition) is 0. The lowest BCUT2D eigenvalue weighted by Gasteiger charge is -2.16. The summed E-state index contributed by atoms with van der Waals surface area (Å²) >= 11 is 12.0. The molecule has 10 heteroatoms. The fourth-order valence-corrected chi connectivity index (χ4v) is 3.75. The molecule has 122 valence electrons. The Bertz CT molecular complexity index is 797. The Labute approximate surface area is 139 Å². The smallest absolute Gasteiger partial charge is 0.246 e. The molecule has 0 aliphatic heterocycles. The molecule has 2 heterocycles. The second-order valence-electron chi connectivity index (χ2n) is 4.85. The molecular formula is C12H17Cl2N5O2S. The molecule has 7 nitrogen and oxygen atoms in total. The van der Waals surface area contributed by atoms with E-state index in [1.807, 2.05) is 6.92 Å². The number of aryl methyl sites for hydroxylation is 2. The zero-order valence-electron chi connectivity index (χ0n) is 12.7. The van der Waals surface area contributed by atoms with Gasteiger partial charge < -0.3 is 0 Å².